The molecule has 0 radical (unpaired) electrons. The summed E-state index contributed by atoms with van der Waals surface area (Å²) < 4.78 is 27.7. The van der Waals surface area contributed by atoms with Gasteiger partial charge in [0.1, 0.15) is 0 Å². The molecule has 1 atom stereocenters. The molecule has 1 aliphatic heterocycles. The molecule has 1 unspecified atom stereocenters. The van der Waals surface area contributed by atoms with Crippen LogP contribution in [0.25, 0.3) is 0 Å². The van der Waals surface area contributed by atoms with Crippen molar-refractivity contribution in [2.75, 3.05) is 12.5 Å². The molecule has 0 saturated heterocycles. The smallest absolute Gasteiger partial charge is 0.338 e. The molecule has 1 heterocycles. The number of alkyl halides is 1. The number of sulfonamides is 1. The van der Waals surface area contributed by atoms with E-state index in [0.717, 1.165) is 0 Å². The summed E-state index contributed by atoms with van der Waals surface area (Å²) >= 11 is 5.82. The van der Waals surface area contributed by atoms with Gasteiger partial charge in [0, 0.05) is 5.70 Å². The summed E-state index contributed by atoms with van der Waals surface area (Å²) in [6.07, 6.45) is 0. The fraction of sp³-hybridized carbons (Fsp3) is 0.286. The third-order valence-corrected chi connectivity index (χ3v) is 4.52. The van der Waals surface area contributed by atoms with Gasteiger partial charge in [0.2, 0.25) is 10.0 Å². The van der Waals surface area contributed by atoms with Gasteiger partial charge in [0.25, 0.3) is 0 Å². The van der Waals surface area contributed by atoms with Gasteiger partial charge in [-0.05, 0) is 24.6 Å². The predicted octanol–water partition coefficient (Wildman–Crippen LogP) is 0.744. The number of nitrogens with one attached hydrogen (secondary N) is 2. The third-order valence-electron chi connectivity index (χ3n) is 3.32. The monoisotopic (exact) mass is 373 g/mol. The van der Waals surface area contributed by atoms with Gasteiger partial charge in [-0.2, -0.15) is 0 Å². The SMILES string of the molecule is CCOC(=O)C1=C(CCl)NC(=O)NC1c1ccc(S(N)(=O)=O)cc1. The highest BCUT2D eigenvalue weighted by Crippen LogP contribution is 2.28. The van der Waals surface area contributed by atoms with Crippen LogP contribution in [0.5, 0.6) is 0 Å². The average Bonchev–Trinajstić information content (AvgIpc) is 2.53. The second kappa shape index (κ2) is 7.20. The van der Waals surface area contributed by atoms with Crippen molar-refractivity contribution in [2.24, 2.45) is 5.14 Å². The second-order valence-corrected chi connectivity index (χ2v) is 6.72. The Kier molecular flexibility index (Phi) is 5.47. The van der Waals surface area contributed by atoms with Crippen molar-refractivity contribution in [1.29, 1.82) is 0 Å². The molecule has 0 aliphatic carbocycles. The Hall–Kier alpha value is -2.10. The van der Waals surface area contributed by atoms with Crippen molar-refractivity contribution in [3.8, 4) is 0 Å². The van der Waals surface area contributed by atoms with Crippen LogP contribution in [0.2, 0.25) is 0 Å². The number of halogens is 1. The summed E-state index contributed by atoms with van der Waals surface area (Å²) in [6, 6.07) is 4.16. The number of nitrogens with two attached hydrogens (primary N) is 1. The van der Waals surface area contributed by atoms with Crippen molar-refractivity contribution in [1.82, 2.24) is 10.6 Å². The largest absolute Gasteiger partial charge is 0.463 e. The van der Waals surface area contributed by atoms with Gasteiger partial charge in [-0.25, -0.2) is 23.1 Å². The van der Waals surface area contributed by atoms with E-state index < -0.39 is 28.1 Å². The number of carbonyl (C=O) groups excluding carboxylic acids is 2. The number of carbonyl (C=O) groups is 2. The van der Waals surface area contributed by atoms with Crippen molar-refractivity contribution in [3.63, 3.8) is 0 Å². The first kappa shape index (κ1) is 18.2. The van der Waals surface area contributed by atoms with E-state index in [1.807, 2.05) is 0 Å². The molecule has 0 aromatic heterocycles. The molecule has 8 nitrogen and oxygen atoms in total. The molecule has 0 spiro atoms. The summed E-state index contributed by atoms with van der Waals surface area (Å²) in [5.74, 6) is -0.714. The Labute approximate surface area is 144 Å². The number of esters is 1. The summed E-state index contributed by atoms with van der Waals surface area (Å²) in [5, 5.41) is 10.1. The fourth-order valence-corrected chi connectivity index (χ4v) is 3.00. The van der Waals surface area contributed by atoms with Crippen molar-refractivity contribution in [3.05, 3.63) is 41.1 Å². The minimum atomic E-state index is -3.84. The molecule has 0 saturated carbocycles. The zero-order valence-corrected chi connectivity index (χ0v) is 14.3. The normalized spacial score (nSPS) is 18.0. The number of hydrogen-bond donors (Lipinski definition) is 3. The minimum absolute atomic E-state index is 0.0780. The maximum atomic E-state index is 12.2. The second-order valence-electron chi connectivity index (χ2n) is 4.89. The van der Waals surface area contributed by atoms with E-state index in [2.05, 4.69) is 10.6 Å². The first-order valence-electron chi connectivity index (χ1n) is 6.94. The maximum Gasteiger partial charge on any atom is 0.338 e. The number of primary sulfonamides is 1. The van der Waals surface area contributed by atoms with Gasteiger partial charge in [0.05, 0.1) is 29.0 Å². The number of rotatable bonds is 5. The van der Waals surface area contributed by atoms with Crippen LogP contribution in [0.4, 0.5) is 4.79 Å². The van der Waals surface area contributed by atoms with Crippen LogP contribution in [0.3, 0.4) is 0 Å². The van der Waals surface area contributed by atoms with Crippen LogP contribution in [0.1, 0.15) is 18.5 Å². The van der Waals surface area contributed by atoms with Crippen LogP contribution < -0.4 is 15.8 Å². The van der Waals surface area contributed by atoms with Crippen molar-refractivity contribution < 1.29 is 22.7 Å². The Bertz CT molecular complexity index is 789. The number of amides is 2. The van der Waals surface area contributed by atoms with Crippen LogP contribution in [0, 0.1) is 0 Å². The predicted molar refractivity (Wildman–Crippen MR) is 86.6 cm³/mol. The Morgan fingerprint density at radius 3 is 2.46 bits per heavy atom. The average molecular weight is 374 g/mol. The van der Waals surface area contributed by atoms with Crippen LogP contribution in [0.15, 0.2) is 40.4 Å². The summed E-state index contributed by atoms with van der Waals surface area (Å²) in [5.41, 5.74) is 0.886. The number of hydrogen-bond acceptors (Lipinski definition) is 5. The molecule has 1 aromatic rings. The van der Waals surface area contributed by atoms with E-state index in [0.29, 0.717) is 5.56 Å². The highest BCUT2D eigenvalue weighted by molar-refractivity contribution is 7.89. The molecular weight excluding hydrogens is 358 g/mol. The van der Waals surface area contributed by atoms with Crippen molar-refractivity contribution >= 4 is 33.6 Å². The molecule has 2 amide bonds. The first-order chi connectivity index (χ1) is 11.3. The van der Waals surface area contributed by atoms with Crippen LogP contribution in [-0.2, 0) is 19.6 Å². The summed E-state index contributed by atoms with van der Waals surface area (Å²) in [7, 11) is -3.84. The quantitative estimate of drug-likeness (QED) is 0.518. The highest BCUT2D eigenvalue weighted by Gasteiger charge is 2.33. The standard InChI is InChI=1S/C14H16ClN3O5S/c1-2-23-13(19)11-10(7-15)17-14(20)18-12(11)8-3-5-9(6-4-8)24(16,21)22/h3-6,12H,2,7H2,1H3,(H2,16,21,22)(H2,17,18,20). The van der Waals surface area contributed by atoms with E-state index in [4.69, 9.17) is 21.5 Å². The summed E-state index contributed by atoms with van der Waals surface area (Å²) in [4.78, 5) is 23.9. The Balaban J connectivity index is 2.48. The lowest BCUT2D eigenvalue weighted by Gasteiger charge is -2.28. The number of ether oxygens (including phenoxy) is 1. The lowest BCUT2D eigenvalue weighted by atomic mass is 9.95. The molecule has 4 N–H and O–H groups in total. The first-order valence-corrected chi connectivity index (χ1v) is 9.02. The third kappa shape index (κ3) is 3.86. The van der Waals surface area contributed by atoms with E-state index in [1.165, 1.54) is 24.3 Å². The topological polar surface area (TPSA) is 128 Å². The number of allylic oxidation sites excluding steroid dienone is 1. The van der Waals surface area contributed by atoms with Gasteiger partial charge in [-0.1, -0.05) is 12.1 Å². The Morgan fingerprint density at radius 1 is 1.33 bits per heavy atom. The van der Waals surface area contributed by atoms with Crippen LogP contribution in [-0.4, -0.2) is 32.9 Å². The van der Waals surface area contributed by atoms with Gasteiger partial charge in [-0.3, -0.25) is 0 Å². The van der Waals surface area contributed by atoms with Gasteiger partial charge in [-0.15, -0.1) is 11.6 Å². The van der Waals surface area contributed by atoms with Gasteiger partial charge >= 0.3 is 12.0 Å². The van der Waals surface area contributed by atoms with Crippen LogP contribution >= 0.6 is 11.6 Å². The highest BCUT2D eigenvalue weighted by atomic mass is 35.5. The summed E-state index contributed by atoms with van der Waals surface area (Å²) in [6.45, 7) is 1.81. The number of benzene rings is 1. The molecule has 130 valence electrons. The van der Waals surface area contributed by atoms with E-state index in [9.17, 15) is 18.0 Å². The maximum absolute atomic E-state index is 12.2. The van der Waals surface area contributed by atoms with E-state index in [-0.39, 0.29) is 28.7 Å². The van der Waals surface area contributed by atoms with Gasteiger partial charge < -0.3 is 15.4 Å². The lowest BCUT2D eigenvalue weighted by Crippen LogP contribution is -2.46. The Morgan fingerprint density at radius 2 is 1.96 bits per heavy atom. The zero-order valence-electron chi connectivity index (χ0n) is 12.7. The molecule has 0 bridgehead atoms. The fourth-order valence-electron chi connectivity index (χ4n) is 2.27. The molecule has 1 aromatic carbocycles. The molecule has 0 fully saturated rings. The lowest BCUT2D eigenvalue weighted by molar-refractivity contribution is -0.139. The van der Waals surface area contributed by atoms with E-state index >= 15 is 0 Å². The van der Waals surface area contributed by atoms with E-state index in [1.54, 1.807) is 6.92 Å². The molecule has 1 aliphatic rings. The molecule has 10 heteroatoms. The molecule has 24 heavy (non-hydrogen) atoms. The van der Waals surface area contributed by atoms with Crippen molar-refractivity contribution in [2.45, 2.75) is 17.9 Å². The zero-order chi connectivity index (χ0) is 17.9. The molecular formula is C14H16ClN3O5S. The molecule has 2 rings (SSSR count). The van der Waals surface area contributed by atoms with Gasteiger partial charge in [0.15, 0.2) is 0 Å². The minimum Gasteiger partial charge on any atom is -0.463 e. The number of urea groups is 1.